The summed E-state index contributed by atoms with van der Waals surface area (Å²) in [5.74, 6) is -0.572. The second-order valence-corrected chi connectivity index (χ2v) is 6.26. The van der Waals surface area contributed by atoms with Gasteiger partial charge in [-0.25, -0.2) is 0 Å². The fraction of sp³-hybridized carbons (Fsp3) is 0. The minimum Gasteiger partial charge on any atom is -0.366 e. The van der Waals surface area contributed by atoms with E-state index in [1.54, 1.807) is 47.3 Å². The topological polar surface area (TPSA) is 78.0 Å². The molecule has 0 aliphatic carbocycles. The number of aromatic nitrogens is 2. The summed E-state index contributed by atoms with van der Waals surface area (Å²) in [4.78, 5) is 29.6. The van der Waals surface area contributed by atoms with E-state index in [1.165, 1.54) is 0 Å². The fourth-order valence-electron chi connectivity index (χ4n) is 3.25. The Hall–Kier alpha value is -3.99. The van der Waals surface area contributed by atoms with Crippen LogP contribution in [0.4, 0.5) is 0 Å². The number of rotatable bonds is 4. The second kappa shape index (κ2) is 7.32. The van der Waals surface area contributed by atoms with Gasteiger partial charge in [0, 0.05) is 34.8 Å². The van der Waals surface area contributed by atoms with Crippen molar-refractivity contribution in [3.63, 3.8) is 0 Å². The number of primary amides is 1. The Kier molecular flexibility index (Phi) is 4.56. The lowest BCUT2D eigenvalue weighted by molar-refractivity contribution is 0.100. The van der Waals surface area contributed by atoms with Crippen LogP contribution in [-0.2, 0) is 0 Å². The van der Waals surface area contributed by atoms with Crippen LogP contribution in [0.2, 0.25) is 0 Å². The van der Waals surface area contributed by atoms with Crippen LogP contribution >= 0.6 is 0 Å². The van der Waals surface area contributed by atoms with Gasteiger partial charge in [0.15, 0.2) is 0 Å². The smallest absolute Gasteiger partial charge is 0.263 e. The van der Waals surface area contributed by atoms with Gasteiger partial charge in [-0.05, 0) is 48.0 Å². The summed E-state index contributed by atoms with van der Waals surface area (Å²) in [7, 11) is 0. The molecule has 2 N–H and O–H groups in total. The molecule has 0 saturated heterocycles. The summed E-state index contributed by atoms with van der Waals surface area (Å²) in [5, 5.41) is 0. The summed E-state index contributed by atoms with van der Waals surface area (Å²) in [5.41, 5.74) is 8.78. The van der Waals surface area contributed by atoms with Gasteiger partial charge in [-0.3, -0.25) is 19.1 Å². The zero-order valence-electron chi connectivity index (χ0n) is 14.9. The van der Waals surface area contributed by atoms with Crippen molar-refractivity contribution in [3.05, 3.63) is 107 Å². The van der Waals surface area contributed by atoms with E-state index >= 15 is 0 Å². The van der Waals surface area contributed by atoms with Gasteiger partial charge in [0.1, 0.15) is 0 Å². The van der Waals surface area contributed by atoms with Crippen LogP contribution < -0.4 is 11.3 Å². The average molecular weight is 367 g/mol. The third-order valence-electron chi connectivity index (χ3n) is 4.54. The first-order chi connectivity index (χ1) is 13.7. The highest BCUT2D eigenvalue weighted by atomic mass is 16.1. The quantitative estimate of drug-likeness (QED) is 0.598. The summed E-state index contributed by atoms with van der Waals surface area (Å²) in [6.45, 7) is 0. The van der Waals surface area contributed by atoms with Gasteiger partial charge >= 0.3 is 0 Å². The maximum atomic E-state index is 13.5. The van der Waals surface area contributed by atoms with E-state index in [-0.39, 0.29) is 5.56 Å². The maximum Gasteiger partial charge on any atom is 0.263 e. The molecule has 0 unspecified atom stereocenters. The lowest BCUT2D eigenvalue weighted by Gasteiger charge is -2.16. The number of carbonyl (C=O) groups is 1. The Balaban J connectivity index is 2.04. The third kappa shape index (κ3) is 3.10. The third-order valence-corrected chi connectivity index (χ3v) is 4.54. The molecule has 0 bridgehead atoms. The fourth-order valence-corrected chi connectivity index (χ4v) is 3.25. The number of benzene rings is 2. The molecule has 0 fully saturated rings. The van der Waals surface area contributed by atoms with Gasteiger partial charge in [-0.15, -0.1) is 0 Å². The van der Waals surface area contributed by atoms with Crippen molar-refractivity contribution in [2.75, 3.05) is 0 Å². The molecule has 0 radical (unpaired) electrons. The number of hydrogen-bond acceptors (Lipinski definition) is 3. The Morgan fingerprint density at radius 2 is 1.57 bits per heavy atom. The predicted octanol–water partition coefficient (Wildman–Crippen LogP) is 3.67. The van der Waals surface area contributed by atoms with Crippen molar-refractivity contribution in [2.24, 2.45) is 5.73 Å². The van der Waals surface area contributed by atoms with Gasteiger partial charge < -0.3 is 5.73 Å². The van der Waals surface area contributed by atoms with Crippen molar-refractivity contribution in [1.29, 1.82) is 0 Å². The Morgan fingerprint density at radius 3 is 2.29 bits per heavy atom. The van der Waals surface area contributed by atoms with E-state index in [0.717, 1.165) is 11.3 Å². The molecule has 136 valence electrons. The first-order valence-electron chi connectivity index (χ1n) is 8.78. The van der Waals surface area contributed by atoms with Crippen molar-refractivity contribution < 1.29 is 4.79 Å². The summed E-state index contributed by atoms with van der Waals surface area (Å²) < 4.78 is 1.63. The van der Waals surface area contributed by atoms with Crippen molar-refractivity contribution >= 4 is 5.91 Å². The van der Waals surface area contributed by atoms with Crippen LogP contribution in [0.25, 0.3) is 28.1 Å². The molecule has 0 saturated carbocycles. The number of nitrogens with two attached hydrogens (primary N) is 1. The molecule has 0 spiro atoms. The van der Waals surface area contributed by atoms with Crippen LogP contribution in [0, 0.1) is 0 Å². The molecule has 4 aromatic rings. The minimum absolute atomic E-state index is 0.235. The molecule has 5 nitrogen and oxygen atoms in total. The standard InChI is InChI=1S/C23H17N3O2/c24-22(27)19-11-5-4-10-18(19)20-12-13-21(16-7-6-14-25-15-16)26(23(20)28)17-8-2-1-3-9-17/h1-15H,(H2,24,27). The largest absolute Gasteiger partial charge is 0.366 e. The van der Waals surface area contributed by atoms with E-state index in [1.807, 2.05) is 48.5 Å². The lowest BCUT2D eigenvalue weighted by Crippen LogP contribution is -2.23. The van der Waals surface area contributed by atoms with Crippen molar-refractivity contribution in [1.82, 2.24) is 9.55 Å². The molecule has 0 atom stereocenters. The highest BCUT2D eigenvalue weighted by molar-refractivity contribution is 5.99. The zero-order valence-corrected chi connectivity index (χ0v) is 14.9. The molecular formula is C23H17N3O2. The summed E-state index contributed by atoms with van der Waals surface area (Å²) in [6, 6.07) is 23.5. The minimum atomic E-state index is -0.572. The molecule has 2 heterocycles. The van der Waals surface area contributed by atoms with Gasteiger partial charge in [-0.1, -0.05) is 36.4 Å². The molecule has 5 heteroatoms. The molecule has 0 aliphatic heterocycles. The van der Waals surface area contributed by atoms with E-state index in [2.05, 4.69) is 4.98 Å². The number of carbonyl (C=O) groups excluding carboxylic acids is 1. The Morgan fingerprint density at radius 1 is 0.821 bits per heavy atom. The van der Waals surface area contributed by atoms with E-state index in [4.69, 9.17) is 5.73 Å². The number of para-hydroxylation sites is 1. The summed E-state index contributed by atoms with van der Waals surface area (Å²) in [6.07, 6.45) is 3.40. The van der Waals surface area contributed by atoms with E-state index < -0.39 is 5.91 Å². The second-order valence-electron chi connectivity index (χ2n) is 6.26. The van der Waals surface area contributed by atoms with E-state index in [0.29, 0.717) is 22.4 Å². The van der Waals surface area contributed by atoms with Gasteiger partial charge in [0.2, 0.25) is 5.91 Å². The molecule has 2 aromatic heterocycles. The molecule has 0 aliphatic rings. The first kappa shape index (κ1) is 17.4. The number of amides is 1. The normalized spacial score (nSPS) is 10.6. The van der Waals surface area contributed by atoms with Crippen LogP contribution in [0.3, 0.4) is 0 Å². The SMILES string of the molecule is NC(=O)c1ccccc1-c1ccc(-c2cccnc2)n(-c2ccccc2)c1=O. The molecule has 4 rings (SSSR count). The van der Waals surface area contributed by atoms with Gasteiger partial charge in [0.05, 0.1) is 5.69 Å². The lowest BCUT2D eigenvalue weighted by atomic mass is 9.99. The van der Waals surface area contributed by atoms with Crippen LogP contribution in [0.15, 0.2) is 96.1 Å². The Labute approximate surface area is 161 Å². The molecule has 28 heavy (non-hydrogen) atoms. The molecule has 1 amide bonds. The van der Waals surface area contributed by atoms with Crippen LogP contribution in [-0.4, -0.2) is 15.5 Å². The van der Waals surface area contributed by atoms with E-state index in [9.17, 15) is 9.59 Å². The first-order valence-corrected chi connectivity index (χ1v) is 8.78. The zero-order chi connectivity index (χ0) is 19.5. The predicted molar refractivity (Wildman–Crippen MR) is 109 cm³/mol. The number of hydrogen-bond donors (Lipinski definition) is 1. The van der Waals surface area contributed by atoms with Crippen LogP contribution in [0.5, 0.6) is 0 Å². The summed E-state index contributed by atoms with van der Waals surface area (Å²) >= 11 is 0. The number of nitrogens with zero attached hydrogens (tertiary/aromatic N) is 2. The van der Waals surface area contributed by atoms with Crippen LogP contribution in [0.1, 0.15) is 10.4 Å². The Bertz CT molecular complexity index is 1200. The highest BCUT2D eigenvalue weighted by Gasteiger charge is 2.17. The number of pyridine rings is 2. The molecular weight excluding hydrogens is 350 g/mol. The monoisotopic (exact) mass is 367 g/mol. The van der Waals surface area contributed by atoms with Crippen molar-refractivity contribution in [3.8, 4) is 28.1 Å². The van der Waals surface area contributed by atoms with Gasteiger partial charge in [0.25, 0.3) is 5.56 Å². The maximum absolute atomic E-state index is 13.5. The van der Waals surface area contributed by atoms with Gasteiger partial charge in [-0.2, -0.15) is 0 Å². The average Bonchev–Trinajstić information content (AvgIpc) is 2.74. The molecule has 2 aromatic carbocycles. The van der Waals surface area contributed by atoms with Crippen molar-refractivity contribution in [2.45, 2.75) is 0 Å². The highest BCUT2D eigenvalue weighted by Crippen LogP contribution is 2.26.